The topological polar surface area (TPSA) is 64.2 Å². The maximum Gasteiger partial charge on any atom is 0.338 e. The number of rotatable bonds is 3. The Kier molecular flexibility index (Phi) is 3.62. The molecular formula is C17H14N2O3. The summed E-state index contributed by atoms with van der Waals surface area (Å²) in [6.45, 7) is 0.193. The van der Waals surface area contributed by atoms with Crippen molar-refractivity contribution in [3.05, 3.63) is 93.1 Å². The van der Waals surface area contributed by atoms with Crippen molar-refractivity contribution in [2.24, 2.45) is 0 Å². The molecule has 0 aliphatic carbocycles. The van der Waals surface area contributed by atoms with Crippen LogP contribution in [0.2, 0.25) is 0 Å². The highest BCUT2D eigenvalue weighted by molar-refractivity contribution is 5.32. The molecule has 0 atom stereocenters. The fraction of sp³-hybridized carbons (Fsp3) is 0.0588. The van der Waals surface area contributed by atoms with E-state index in [4.69, 9.17) is 0 Å². The molecule has 0 amide bonds. The maximum absolute atomic E-state index is 12.6. The number of nitrogens with zero attached hydrogens (tertiary/aromatic N) is 2. The molecule has 1 N–H and O–H groups in total. The van der Waals surface area contributed by atoms with Gasteiger partial charge in [-0.25, -0.2) is 9.36 Å². The van der Waals surface area contributed by atoms with E-state index in [0.717, 1.165) is 16.2 Å². The van der Waals surface area contributed by atoms with Gasteiger partial charge in [-0.15, -0.1) is 0 Å². The minimum Gasteiger partial charge on any atom is -0.494 e. The van der Waals surface area contributed by atoms with Gasteiger partial charge < -0.3 is 5.11 Å². The minimum atomic E-state index is -0.569. The Morgan fingerprint density at radius 1 is 0.864 bits per heavy atom. The Morgan fingerprint density at radius 3 is 2.09 bits per heavy atom. The third-order valence-electron chi connectivity index (χ3n) is 3.37. The van der Waals surface area contributed by atoms with Crippen LogP contribution >= 0.6 is 0 Å². The van der Waals surface area contributed by atoms with E-state index >= 15 is 0 Å². The highest BCUT2D eigenvalue weighted by atomic mass is 16.3. The van der Waals surface area contributed by atoms with Crippen molar-refractivity contribution >= 4 is 0 Å². The lowest BCUT2D eigenvalue weighted by Gasteiger charge is -2.12. The van der Waals surface area contributed by atoms with Crippen LogP contribution in [0.25, 0.3) is 5.69 Å². The van der Waals surface area contributed by atoms with Gasteiger partial charge >= 0.3 is 5.69 Å². The molecule has 0 bridgehead atoms. The van der Waals surface area contributed by atoms with Gasteiger partial charge in [-0.1, -0.05) is 48.5 Å². The van der Waals surface area contributed by atoms with Crippen LogP contribution in [0.5, 0.6) is 5.88 Å². The third kappa shape index (κ3) is 2.56. The Balaban J connectivity index is 2.16. The summed E-state index contributed by atoms with van der Waals surface area (Å²) in [5.74, 6) is -0.342. The van der Waals surface area contributed by atoms with Crippen LogP contribution in [-0.4, -0.2) is 14.2 Å². The zero-order valence-electron chi connectivity index (χ0n) is 11.7. The van der Waals surface area contributed by atoms with Crippen LogP contribution in [0.1, 0.15) is 5.56 Å². The van der Waals surface area contributed by atoms with Gasteiger partial charge in [0.2, 0.25) is 5.88 Å². The molecule has 0 spiro atoms. The van der Waals surface area contributed by atoms with Crippen molar-refractivity contribution in [3.8, 4) is 11.6 Å². The normalized spacial score (nSPS) is 10.5. The predicted molar refractivity (Wildman–Crippen MR) is 83.5 cm³/mol. The first-order valence-electron chi connectivity index (χ1n) is 6.82. The van der Waals surface area contributed by atoms with Gasteiger partial charge in [0.15, 0.2) is 0 Å². The molecule has 0 unspecified atom stereocenters. The van der Waals surface area contributed by atoms with E-state index in [1.807, 2.05) is 30.3 Å². The van der Waals surface area contributed by atoms with Crippen LogP contribution < -0.4 is 11.2 Å². The van der Waals surface area contributed by atoms with Crippen LogP contribution in [0, 0.1) is 0 Å². The van der Waals surface area contributed by atoms with Crippen molar-refractivity contribution in [1.29, 1.82) is 0 Å². The van der Waals surface area contributed by atoms with Gasteiger partial charge in [0, 0.05) is 0 Å². The van der Waals surface area contributed by atoms with E-state index in [1.54, 1.807) is 30.3 Å². The number of benzene rings is 2. The highest BCUT2D eigenvalue weighted by Gasteiger charge is 2.12. The zero-order valence-corrected chi connectivity index (χ0v) is 11.7. The van der Waals surface area contributed by atoms with Gasteiger partial charge in [-0.3, -0.25) is 9.36 Å². The summed E-state index contributed by atoms with van der Waals surface area (Å²) < 4.78 is 2.21. The number of aromatic hydroxyl groups is 1. The zero-order chi connectivity index (χ0) is 15.5. The number of aromatic nitrogens is 2. The Bertz CT molecular complexity index is 897. The Hall–Kier alpha value is -3.08. The molecule has 110 valence electrons. The quantitative estimate of drug-likeness (QED) is 0.800. The van der Waals surface area contributed by atoms with Crippen molar-refractivity contribution in [2.45, 2.75) is 6.54 Å². The number of hydrogen-bond acceptors (Lipinski definition) is 3. The molecule has 0 aliphatic rings. The standard InChI is InChI=1S/C17H14N2O3/c20-15-11-16(21)19(14-9-5-2-6-10-14)17(22)18(15)12-13-7-3-1-4-8-13/h1-11,20H,12H2. The molecule has 0 saturated heterocycles. The van der Waals surface area contributed by atoms with Gasteiger partial charge in [0.05, 0.1) is 18.3 Å². The second-order valence-electron chi connectivity index (χ2n) is 4.87. The molecule has 5 heteroatoms. The summed E-state index contributed by atoms with van der Waals surface area (Å²) >= 11 is 0. The lowest BCUT2D eigenvalue weighted by molar-refractivity contribution is 0.405. The Labute approximate surface area is 126 Å². The average Bonchev–Trinajstić information content (AvgIpc) is 2.53. The first-order valence-corrected chi connectivity index (χ1v) is 6.82. The van der Waals surface area contributed by atoms with Gasteiger partial charge in [0.25, 0.3) is 5.56 Å². The maximum atomic E-state index is 12.6. The van der Waals surface area contributed by atoms with Gasteiger partial charge in [-0.2, -0.15) is 0 Å². The SMILES string of the molecule is O=c1cc(O)n(Cc2ccccc2)c(=O)n1-c1ccccc1. The van der Waals surface area contributed by atoms with Crippen molar-refractivity contribution in [1.82, 2.24) is 9.13 Å². The largest absolute Gasteiger partial charge is 0.494 e. The molecule has 1 aromatic heterocycles. The van der Waals surface area contributed by atoms with E-state index in [1.165, 1.54) is 4.57 Å². The molecule has 3 rings (SSSR count). The second-order valence-corrected chi connectivity index (χ2v) is 4.87. The van der Waals surface area contributed by atoms with Crippen molar-refractivity contribution < 1.29 is 5.11 Å². The summed E-state index contributed by atoms with van der Waals surface area (Å²) in [6.07, 6.45) is 0. The van der Waals surface area contributed by atoms with E-state index in [-0.39, 0.29) is 12.4 Å². The fourth-order valence-electron chi connectivity index (χ4n) is 2.30. The van der Waals surface area contributed by atoms with Gasteiger partial charge in [0.1, 0.15) is 0 Å². The average molecular weight is 294 g/mol. The lowest BCUT2D eigenvalue weighted by Crippen LogP contribution is -2.38. The summed E-state index contributed by atoms with van der Waals surface area (Å²) in [7, 11) is 0. The molecule has 0 fully saturated rings. The summed E-state index contributed by atoms with van der Waals surface area (Å²) in [6, 6.07) is 19.0. The molecule has 3 aromatic rings. The third-order valence-corrected chi connectivity index (χ3v) is 3.37. The number of para-hydroxylation sites is 1. The predicted octanol–water partition coefficient (Wildman–Crippen LogP) is 1.75. The molecule has 0 radical (unpaired) electrons. The van der Waals surface area contributed by atoms with Crippen LogP contribution in [0.15, 0.2) is 76.3 Å². The molecule has 2 aromatic carbocycles. The second kappa shape index (κ2) is 5.73. The monoisotopic (exact) mass is 294 g/mol. The molecule has 0 saturated carbocycles. The van der Waals surface area contributed by atoms with E-state index in [9.17, 15) is 14.7 Å². The molecular weight excluding hydrogens is 280 g/mol. The summed E-state index contributed by atoms with van der Waals surface area (Å²) in [5.41, 5.74) is 0.204. The molecule has 5 nitrogen and oxygen atoms in total. The summed E-state index contributed by atoms with van der Waals surface area (Å²) in [5, 5.41) is 9.95. The molecule has 22 heavy (non-hydrogen) atoms. The first-order chi connectivity index (χ1) is 10.7. The fourth-order valence-corrected chi connectivity index (χ4v) is 2.30. The van der Waals surface area contributed by atoms with Crippen LogP contribution in [0.4, 0.5) is 0 Å². The van der Waals surface area contributed by atoms with E-state index in [2.05, 4.69) is 0 Å². The lowest BCUT2D eigenvalue weighted by atomic mass is 10.2. The van der Waals surface area contributed by atoms with Gasteiger partial charge in [-0.05, 0) is 17.7 Å². The van der Waals surface area contributed by atoms with E-state index in [0.29, 0.717) is 5.69 Å². The Morgan fingerprint density at radius 2 is 1.45 bits per heavy atom. The van der Waals surface area contributed by atoms with Crippen LogP contribution in [0.3, 0.4) is 0 Å². The first kappa shape index (κ1) is 13.9. The van der Waals surface area contributed by atoms with Crippen molar-refractivity contribution in [3.63, 3.8) is 0 Å². The summed E-state index contributed by atoms with van der Waals surface area (Å²) in [4.78, 5) is 24.6. The van der Waals surface area contributed by atoms with Crippen molar-refractivity contribution in [2.75, 3.05) is 0 Å². The smallest absolute Gasteiger partial charge is 0.338 e. The van der Waals surface area contributed by atoms with E-state index < -0.39 is 11.2 Å². The molecule has 1 heterocycles. The highest BCUT2D eigenvalue weighted by Crippen LogP contribution is 2.09. The molecule has 0 aliphatic heterocycles. The number of hydrogen-bond donors (Lipinski definition) is 1. The minimum absolute atomic E-state index is 0.193. The van der Waals surface area contributed by atoms with Crippen LogP contribution in [-0.2, 0) is 6.54 Å².